The maximum atomic E-state index is 12.7. The van der Waals surface area contributed by atoms with Crippen LogP contribution in [-0.4, -0.2) is 42.1 Å². The summed E-state index contributed by atoms with van der Waals surface area (Å²) >= 11 is 0. The maximum absolute atomic E-state index is 12.7. The fourth-order valence-corrected chi connectivity index (χ4v) is 4.56. The average Bonchev–Trinajstić information content (AvgIpc) is 3.20. The van der Waals surface area contributed by atoms with Gasteiger partial charge in [-0.3, -0.25) is 14.4 Å². The van der Waals surface area contributed by atoms with Gasteiger partial charge in [0.15, 0.2) is 0 Å². The number of fused-ring (bicyclic) bond motifs is 3. The van der Waals surface area contributed by atoms with Crippen LogP contribution in [-0.2, 0) is 14.3 Å². The lowest BCUT2D eigenvalue weighted by Gasteiger charge is -2.18. The minimum absolute atomic E-state index is 0.0317. The van der Waals surface area contributed by atoms with Crippen molar-refractivity contribution < 1.29 is 19.1 Å². The predicted octanol–water partition coefficient (Wildman–Crippen LogP) is 3.45. The first kappa shape index (κ1) is 25.7. The number of nitrogens with one attached hydrogen (secondary N) is 4. The highest BCUT2D eigenvalue weighted by Gasteiger charge is 2.29. The van der Waals surface area contributed by atoms with Crippen LogP contribution in [0.4, 0.5) is 10.5 Å². The highest BCUT2D eigenvalue weighted by Crippen LogP contribution is 2.44. The molecule has 1 aliphatic rings. The summed E-state index contributed by atoms with van der Waals surface area (Å²) in [6, 6.07) is 16.9. The number of hydrogen-bond acceptors (Lipinski definition) is 5. The van der Waals surface area contributed by atoms with E-state index in [0.29, 0.717) is 6.42 Å². The summed E-state index contributed by atoms with van der Waals surface area (Å²) in [7, 11) is 0. The van der Waals surface area contributed by atoms with Crippen molar-refractivity contribution in [1.82, 2.24) is 15.6 Å². The molecule has 0 bridgehead atoms. The molecule has 0 aliphatic heterocycles. The zero-order valence-electron chi connectivity index (χ0n) is 20.8. The van der Waals surface area contributed by atoms with E-state index in [1.807, 2.05) is 24.3 Å². The number of rotatable bonds is 9. The molecule has 9 heteroatoms. The molecule has 0 fully saturated rings. The summed E-state index contributed by atoms with van der Waals surface area (Å²) < 4.78 is 5.52. The molecule has 0 radical (unpaired) electrons. The smallest absolute Gasteiger partial charge is 0.407 e. The van der Waals surface area contributed by atoms with Gasteiger partial charge >= 0.3 is 6.09 Å². The van der Waals surface area contributed by atoms with Crippen LogP contribution >= 0.6 is 0 Å². The minimum atomic E-state index is -0.860. The number of anilines is 1. The van der Waals surface area contributed by atoms with Gasteiger partial charge in [-0.1, -0.05) is 48.5 Å². The van der Waals surface area contributed by atoms with Gasteiger partial charge in [0.05, 0.1) is 0 Å². The van der Waals surface area contributed by atoms with Gasteiger partial charge in [0.1, 0.15) is 18.3 Å². The van der Waals surface area contributed by atoms with Crippen molar-refractivity contribution in [3.05, 3.63) is 87.8 Å². The van der Waals surface area contributed by atoms with Crippen molar-refractivity contribution >= 4 is 23.6 Å². The van der Waals surface area contributed by atoms with E-state index in [1.54, 1.807) is 13.0 Å². The van der Waals surface area contributed by atoms with Crippen molar-refractivity contribution in [1.29, 1.82) is 0 Å². The second-order valence-corrected chi connectivity index (χ2v) is 9.06. The molecule has 1 unspecified atom stereocenters. The minimum Gasteiger partial charge on any atom is -0.449 e. The summed E-state index contributed by atoms with van der Waals surface area (Å²) in [6.45, 7) is 3.56. The molecular weight excluding hydrogens is 472 g/mol. The Morgan fingerprint density at radius 3 is 2.32 bits per heavy atom. The lowest BCUT2D eigenvalue weighted by atomic mass is 9.98. The Morgan fingerprint density at radius 2 is 1.68 bits per heavy atom. The second-order valence-electron chi connectivity index (χ2n) is 9.06. The molecule has 192 valence electrons. The van der Waals surface area contributed by atoms with Crippen LogP contribution in [0.5, 0.6) is 0 Å². The van der Waals surface area contributed by atoms with E-state index in [-0.39, 0.29) is 37.1 Å². The largest absolute Gasteiger partial charge is 0.449 e. The van der Waals surface area contributed by atoms with Crippen LogP contribution in [0.3, 0.4) is 0 Å². The topological polar surface area (TPSA) is 129 Å². The van der Waals surface area contributed by atoms with Crippen molar-refractivity contribution in [2.75, 3.05) is 18.5 Å². The molecule has 1 atom stereocenters. The number of amides is 3. The molecule has 1 aliphatic carbocycles. The van der Waals surface area contributed by atoms with Crippen LogP contribution in [0.1, 0.15) is 42.4 Å². The number of aromatic amines is 1. The molecule has 4 N–H and O–H groups in total. The summed E-state index contributed by atoms with van der Waals surface area (Å²) in [5.74, 6) is -0.911. The quantitative estimate of drug-likeness (QED) is 0.333. The highest BCUT2D eigenvalue weighted by molar-refractivity contribution is 5.96. The fourth-order valence-electron chi connectivity index (χ4n) is 4.56. The Balaban J connectivity index is 1.27. The fraction of sp³-hybridized carbons (Fsp3) is 0.286. The summed E-state index contributed by atoms with van der Waals surface area (Å²) in [4.78, 5) is 51.2. The third-order valence-electron chi connectivity index (χ3n) is 6.28. The Bertz CT molecular complexity index is 1320. The van der Waals surface area contributed by atoms with E-state index in [1.165, 1.54) is 13.1 Å². The summed E-state index contributed by atoms with van der Waals surface area (Å²) in [5.41, 5.74) is 5.03. The van der Waals surface area contributed by atoms with Crippen LogP contribution in [0.2, 0.25) is 0 Å². The first-order valence-electron chi connectivity index (χ1n) is 12.2. The Morgan fingerprint density at radius 1 is 1.03 bits per heavy atom. The van der Waals surface area contributed by atoms with Crippen LogP contribution in [0.25, 0.3) is 11.1 Å². The van der Waals surface area contributed by atoms with Gasteiger partial charge in [-0.2, -0.15) is 0 Å². The number of carbonyl (C=O) groups is 3. The lowest BCUT2D eigenvalue weighted by Crippen LogP contribution is -2.44. The van der Waals surface area contributed by atoms with Gasteiger partial charge in [0, 0.05) is 25.6 Å². The molecule has 9 nitrogen and oxygen atoms in total. The Hall–Kier alpha value is -4.40. The van der Waals surface area contributed by atoms with Gasteiger partial charge in [0.2, 0.25) is 11.8 Å². The number of H-pyrrole nitrogens is 1. The third-order valence-corrected chi connectivity index (χ3v) is 6.28. The molecule has 0 saturated heterocycles. The van der Waals surface area contributed by atoms with E-state index < -0.39 is 23.6 Å². The molecule has 1 heterocycles. The van der Waals surface area contributed by atoms with E-state index in [2.05, 4.69) is 45.2 Å². The van der Waals surface area contributed by atoms with Crippen LogP contribution in [0.15, 0.2) is 65.6 Å². The normalized spacial score (nSPS) is 12.7. The van der Waals surface area contributed by atoms with Crippen molar-refractivity contribution in [3.63, 3.8) is 0 Å². The number of pyridine rings is 1. The number of benzene rings is 2. The van der Waals surface area contributed by atoms with Crippen LogP contribution < -0.4 is 21.5 Å². The Labute approximate surface area is 214 Å². The molecule has 0 spiro atoms. The number of carbonyl (C=O) groups excluding carboxylic acids is 3. The molecule has 1 aromatic heterocycles. The number of hydrogen-bond donors (Lipinski definition) is 4. The first-order chi connectivity index (χ1) is 17.8. The maximum Gasteiger partial charge on any atom is 0.407 e. The van der Waals surface area contributed by atoms with Crippen LogP contribution in [0, 0.1) is 6.92 Å². The van der Waals surface area contributed by atoms with Crippen molar-refractivity contribution in [2.24, 2.45) is 0 Å². The van der Waals surface area contributed by atoms with E-state index in [0.717, 1.165) is 27.8 Å². The monoisotopic (exact) mass is 502 g/mol. The molecule has 3 aromatic rings. The van der Waals surface area contributed by atoms with Gasteiger partial charge in [0.25, 0.3) is 5.56 Å². The van der Waals surface area contributed by atoms with E-state index >= 15 is 0 Å². The number of alkyl carbamates (subject to hydrolysis) is 1. The second kappa shape index (κ2) is 11.6. The molecular formula is C28H30N4O5. The molecule has 3 amide bonds. The zero-order valence-corrected chi connectivity index (χ0v) is 20.8. The van der Waals surface area contributed by atoms with E-state index in [4.69, 9.17) is 4.74 Å². The van der Waals surface area contributed by atoms with Crippen molar-refractivity contribution in [2.45, 2.75) is 38.6 Å². The van der Waals surface area contributed by atoms with Crippen molar-refractivity contribution in [3.8, 4) is 11.1 Å². The highest BCUT2D eigenvalue weighted by atomic mass is 16.5. The summed E-state index contributed by atoms with van der Waals surface area (Å²) in [5, 5.41) is 7.87. The summed E-state index contributed by atoms with van der Waals surface area (Å²) in [6.07, 6.45) is 1.66. The van der Waals surface area contributed by atoms with Gasteiger partial charge < -0.3 is 25.7 Å². The predicted molar refractivity (Wildman–Crippen MR) is 140 cm³/mol. The molecule has 2 aromatic carbocycles. The Kier molecular flexibility index (Phi) is 8.02. The number of aryl methyl sites for hydroxylation is 1. The lowest BCUT2D eigenvalue weighted by molar-refractivity contribution is -0.125. The van der Waals surface area contributed by atoms with Gasteiger partial charge in [-0.25, -0.2) is 4.79 Å². The van der Waals surface area contributed by atoms with Gasteiger partial charge in [-0.15, -0.1) is 0 Å². The number of aromatic nitrogens is 1. The van der Waals surface area contributed by atoms with E-state index in [9.17, 15) is 19.2 Å². The zero-order chi connectivity index (χ0) is 26.4. The van der Waals surface area contributed by atoms with Gasteiger partial charge in [-0.05, 0) is 53.6 Å². The number of ether oxygens (including phenoxy) is 1. The SMILES string of the molecule is CC(=O)NC(CCCNC(=O)OCC1c2ccccc2-c2ccccc21)C(=O)Nc1cc(C)c[nH]c1=O. The molecule has 4 rings (SSSR count). The first-order valence-corrected chi connectivity index (χ1v) is 12.2. The standard InChI is InChI=1S/C28H30N4O5/c1-17-14-25(26(34)30-15-17)32-27(35)24(31-18(2)33)12-7-13-29-28(36)37-16-23-21-10-5-3-8-19(21)20-9-4-6-11-22(20)23/h3-6,8-11,14-15,23-24H,7,12-13,16H2,1-2H3,(H,29,36)(H,30,34)(H,31,33)(H,32,35). The average molecular weight is 503 g/mol. The molecule has 37 heavy (non-hydrogen) atoms. The molecule has 0 saturated carbocycles. The third kappa shape index (κ3) is 6.24.